The molecule has 2 N–H and O–H groups in total. The fourth-order valence-corrected chi connectivity index (χ4v) is 3.26. The maximum Gasteiger partial charge on any atom is 0.225 e. The van der Waals surface area contributed by atoms with Gasteiger partial charge in [-0.15, -0.1) is 12.4 Å². The number of likely N-dealkylation sites (tertiary alicyclic amines) is 1. The molecule has 2 rings (SSSR count). The average molecular weight is 318 g/mol. The monoisotopic (exact) mass is 317 g/mol. The number of nitrogens with one attached hydrogen (secondary N) is 2. The molecule has 0 aliphatic carbocycles. The number of amides is 1. The third-order valence-corrected chi connectivity index (χ3v) is 4.58. The third kappa shape index (κ3) is 5.42. The highest BCUT2D eigenvalue weighted by Crippen LogP contribution is 2.27. The molecule has 0 radical (unpaired) electrons. The molecule has 0 saturated carbocycles. The lowest BCUT2D eigenvalue weighted by molar-refractivity contribution is -0.129. The van der Waals surface area contributed by atoms with E-state index in [1.807, 2.05) is 20.8 Å². The molecule has 2 heterocycles. The summed E-state index contributed by atoms with van der Waals surface area (Å²) in [7, 11) is 0. The van der Waals surface area contributed by atoms with Crippen molar-refractivity contribution in [2.75, 3.05) is 32.7 Å². The lowest BCUT2D eigenvalue weighted by atomic mass is 9.88. The van der Waals surface area contributed by atoms with Gasteiger partial charge in [-0.2, -0.15) is 0 Å². The van der Waals surface area contributed by atoms with E-state index in [0.717, 1.165) is 32.6 Å². The van der Waals surface area contributed by atoms with Crippen LogP contribution in [-0.4, -0.2) is 49.6 Å². The van der Waals surface area contributed by atoms with Crippen LogP contribution in [0.1, 0.15) is 47.0 Å². The van der Waals surface area contributed by atoms with Crippen LogP contribution in [0.3, 0.4) is 0 Å². The van der Waals surface area contributed by atoms with Crippen LogP contribution in [0.25, 0.3) is 0 Å². The lowest BCUT2D eigenvalue weighted by Crippen LogP contribution is -2.52. The predicted octanol–water partition coefficient (Wildman–Crippen LogP) is 2.03. The van der Waals surface area contributed by atoms with Gasteiger partial charge in [-0.3, -0.25) is 4.79 Å². The summed E-state index contributed by atoms with van der Waals surface area (Å²) in [4.78, 5) is 14.7. The number of nitrogens with zero attached hydrogens (tertiary/aromatic N) is 1. The van der Waals surface area contributed by atoms with Crippen LogP contribution < -0.4 is 10.6 Å². The highest BCUT2D eigenvalue weighted by molar-refractivity contribution is 5.85. The summed E-state index contributed by atoms with van der Waals surface area (Å²) in [6, 6.07) is 0.327. The Labute approximate surface area is 135 Å². The Balaban J connectivity index is 0.00000220. The van der Waals surface area contributed by atoms with Crippen LogP contribution in [-0.2, 0) is 4.79 Å². The van der Waals surface area contributed by atoms with Crippen LogP contribution in [0.4, 0.5) is 0 Å². The molecule has 2 aliphatic heterocycles. The molecule has 0 spiro atoms. The maximum atomic E-state index is 12.1. The third-order valence-electron chi connectivity index (χ3n) is 4.58. The first kappa shape index (κ1) is 18.7. The number of carbonyl (C=O) groups excluding carboxylic acids is 1. The quantitative estimate of drug-likeness (QED) is 0.837. The Kier molecular flexibility index (Phi) is 6.51. The molecule has 2 aliphatic rings. The largest absolute Gasteiger partial charge is 0.352 e. The molecule has 21 heavy (non-hydrogen) atoms. The zero-order valence-electron chi connectivity index (χ0n) is 14.0. The second kappa shape index (κ2) is 7.30. The average Bonchev–Trinajstić information content (AvgIpc) is 2.75. The van der Waals surface area contributed by atoms with Crippen molar-refractivity contribution in [1.29, 1.82) is 0 Å². The molecule has 4 nitrogen and oxygen atoms in total. The highest BCUT2D eigenvalue weighted by atomic mass is 35.5. The van der Waals surface area contributed by atoms with Gasteiger partial charge in [0.1, 0.15) is 0 Å². The highest BCUT2D eigenvalue weighted by Gasteiger charge is 2.33. The second-order valence-electron chi connectivity index (χ2n) is 8.04. The van der Waals surface area contributed by atoms with Gasteiger partial charge in [0.2, 0.25) is 5.91 Å². The van der Waals surface area contributed by atoms with Crippen molar-refractivity contribution in [2.24, 2.45) is 10.8 Å². The first-order valence-corrected chi connectivity index (χ1v) is 8.03. The standard InChI is InChI=1S/C16H31N3O.ClH/c1-15(2,3)14(20)18-13-6-5-9-19(10-13)12-16(4)7-8-17-11-16;/h13,17H,5-12H2,1-4H3,(H,18,20);1H. The second-order valence-corrected chi connectivity index (χ2v) is 8.04. The van der Waals surface area contributed by atoms with E-state index in [1.165, 1.54) is 19.4 Å². The fraction of sp³-hybridized carbons (Fsp3) is 0.938. The normalized spacial score (nSPS) is 30.8. The number of rotatable bonds is 3. The van der Waals surface area contributed by atoms with Crippen LogP contribution in [0.2, 0.25) is 0 Å². The summed E-state index contributed by atoms with van der Waals surface area (Å²) < 4.78 is 0. The van der Waals surface area contributed by atoms with Gasteiger partial charge in [0.25, 0.3) is 0 Å². The summed E-state index contributed by atoms with van der Waals surface area (Å²) in [6.45, 7) is 13.9. The van der Waals surface area contributed by atoms with E-state index in [0.29, 0.717) is 11.5 Å². The smallest absolute Gasteiger partial charge is 0.225 e. The Bertz CT molecular complexity index is 348. The van der Waals surface area contributed by atoms with Gasteiger partial charge in [0.05, 0.1) is 0 Å². The molecule has 2 unspecified atom stereocenters. The molecular formula is C16H32ClN3O. The molecule has 0 bridgehead atoms. The minimum Gasteiger partial charge on any atom is -0.352 e. The summed E-state index contributed by atoms with van der Waals surface area (Å²) in [5, 5.41) is 6.70. The summed E-state index contributed by atoms with van der Waals surface area (Å²) in [6.07, 6.45) is 3.58. The van der Waals surface area contributed by atoms with Gasteiger partial charge in [0, 0.05) is 31.1 Å². The van der Waals surface area contributed by atoms with Crippen molar-refractivity contribution < 1.29 is 4.79 Å². The van der Waals surface area contributed by atoms with Crippen LogP contribution in [0, 0.1) is 10.8 Å². The molecule has 0 aromatic carbocycles. The van der Waals surface area contributed by atoms with Crippen molar-refractivity contribution in [3.8, 4) is 0 Å². The van der Waals surface area contributed by atoms with Gasteiger partial charge in [0.15, 0.2) is 0 Å². The van der Waals surface area contributed by atoms with Crippen LogP contribution in [0.5, 0.6) is 0 Å². The molecule has 2 fully saturated rings. The van der Waals surface area contributed by atoms with Crippen LogP contribution in [0.15, 0.2) is 0 Å². The number of hydrogen-bond acceptors (Lipinski definition) is 3. The molecule has 0 aromatic heterocycles. The predicted molar refractivity (Wildman–Crippen MR) is 89.9 cm³/mol. The van der Waals surface area contributed by atoms with E-state index in [-0.39, 0.29) is 23.7 Å². The van der Waals surface area contributed by atoms with E-state index in [4.69, 9.17) is 0 Å². The molecule has 0 aromatic rings. The van der Waals surface area contributed by atoms with E-state index in [1.54, 1.807) is 0 Å². The SMILES string of the molecule is CC1(CN2CCCC(NC(=O)C(C)(C)C)C2)CCNC1.Cl. The Morgan fingerprint density at radius 3 is 2.71 bits per heavy atom. The van der Waals surface area contributed by atoms with E-state index in [2.05, 4.69) is 22.5 Å². The zero-order chi connectivity index (χ0) is 14.8. The zero-order valence-corrected chi connectivity index (χ0v) is 14.8. The first-order valence-electron chi connectivity index (χ1n) is 8.03. The van der Waals surface area contributed by atoms with Crippen molar-refractivity contribution in [3.05, 3.63) is 0 Å². The summed E-state index contributed by atoms with van der Waals surface area (Å²) in [5.74, 6) is 0.179. The molecular weight excluding hydrogens is 286 g/mol. The Hall–Kier alpha value is -0.320. The molecule has 5 heteroatoms. The number of hydrogen-bond donors (Lipinski definition) is 2. The van der Waals surface area contributed by atoms with E-state index in [9.17, 15) is 4.79 Å². The molecule has 124 valence electrons. The van der Waals surface area contributed by atoms with Gasteiger partial charge in [-0.05, 0) is 37.8 Å². The number of carbonyl (C=O) groups is 1. The summed E-state index contributed by atoms with van der Waals surface area (Å²) in [5.41, 5.74) is 0.125. The minimum atomic E-state index is -0.288. The number of piperidine rings is 1. The Morgan fingerprint density at radius 1 is 1.43 bits per heavy atom. The molecule has 2 atom stereocenters. The first-order chi connectivity index (χ1) is 9.28. The van der Waals surface area contributed by atoms with E-state index >= 15 is 0 Å². The number of halogens is 1. The van der Waals surface area contributed by atoms with Gasteiger partial charge < -0.3 is 15.5 Å². The van der Waals surface area contributed by atoms with Crippen molar-refractivity contribution in [1.82, 2.24) is 15.5 Å². The minimum absolute atomic E-state index is 0. The molecule has 2 saturated heterocycles. The van der Waals surface area contributed by atoms with Crippen molar-refractivity contribution in [2.45, 2.75) is 53.0 Å². The summed E-state index contributed by atoms with van der Waals surface area (Å²) >= 11 is 0. The van der Waals surface area contributed by atoms with Crippen molar-refractivity contribution in [3.63, 3.8) is 0 Å². The Morgan fingerprint density at radius 2 is 2.14 bits per heavy atom. The van der Waals surface area contributed by atoms with Crippen LogP contribution >= 0.6 is 12.4 Å². The van der Waals surface area contributed by atoms with E-state index < -0.39 is 0 Å². The molecule has 1 amide bonds. The fourth-order valence-electron chi connectivity index (χ4n) is 3.26. The van der Waals surface area contributed by atoms with Crippen molar-refractivity contribution >= 4 is 18.3 Å². The van der Waals surface area contributed by atoms with Gasteiger partial charge >= 0.3 is 0 Å². The maximum absolute atomic E-state index is 12.1. The topological polar surface area (TPSA) is 44.4 Å². The van der Waals surface area contributed by atoms with Gasteiger partial charge in [-0.25, -0.2) is 0 Å². The van der Waals surface area contributed by atoms with Gasteiger partial charge in [-0.1, -0.05) is 27.7 Å². The lowest BCUT2D eigenvalue weighted by Gasteiger charge is -2.38.